The van der Waals surface area contributed by atoms with E-state index in [1.165, 1.54) is 4.90 Å². The van der Waals surface area contributed by atoms with Gasteiger partial charge in [0.2, 0.25) is 11.8 Å². The second-order valence-electron chi connectivity index (χ2n) is 5.26. The lowest BCUT2D eigenvalue weighted by Gasteiger charge is -2.17. The standard InChI is InChI=1S/C18H19BrN2O3/c1-21(11-17(22)20-16-10-6-5-9-15(16)19)18(23)13-24-12-14-7-3-2-4-8-14/h2-10H,11-13H2,1H3,(H,20,22). The first-order valence-electron chi connectivity index (χ1n) is 7.46. The number of halogens is 1. The van der Waals surface area contributed by atoms with Crippen LogP contribution in [0, 0.1) is 0 Å². The molecule has 6 heteroatoms. The minimum atomic E-state index is -0.263. The molecule has 126 valence electrons. The Bertz CT molecular complexity index is 692. The molecule has 0 aliphatic rings. The molecule has 2 aromatic carbocycles. The maximum atomic E-state index is 12.0. The van der Waals surface area contributed by atoms with Gasteiger partial charge < -0.3 is 15.0 Å². The lowest BCUT2D eigenvalue weighted by molar-refractivity contribution is -0.137. The zero-order chi connectivity index (χ0) is 17.4. The molecule has 2 rings (SSSR count). The average molecular weight is 391 g/mol. The van der Waals surface area contributed by atoms with Gasteiger partial charge in [0.1, 0.15) is 6.61 Å². The normalized spacial score (nSPS) is 10.2. The van der Waals surface area contributed by atoms with Crippen LogP contribution in [0.3, 0.4) is 0 Å². The largest absolute Gasteiger partial charge is 0.367 e. The number of hydrogen-bond donors (Lipinski definition) is 1. The molecule has 0 aliphatic carbocycles. The number of likely N-dealkylation sites (N-methyl/N-ethyl adjacent to an activating group) is 1. The minimum Gasteiger partial charge on any atom is -0.367 e. The number of ether oxygens (including phenoxy) is 1. The van der Waals surface area contributed by atoms with Crippen molar-refractivity contribution in [3.05, 3.63) is 64.6 Å². The van der Waals surface area contributed by atoms with Gasteiger partial charge in [-0.1, -0.05) is 42.5 Å². The predicted molar refractivity (Wildman–Crippen MR) is 96.5 cm³/mol. The fourth-order valence-corrected chi connectivity index (χ4v) is 2.38. The Morgan fingerprint density at radius 1 is 1.08 bits per heavy atom. The van der Waals surface area contributed by atoms with Crippen LogP contribution in [0.4, 0.5) is 5.69 Å². The van der Waals surface area contributed by atoms with Crippen LogP contribution in [0.5, 0.6) is 0 Å². The molecule has 24 heavy (non-hydrogen) atoms. The number of carbonyl (C=O) groups excluding carboxylic acids is 2. The third kappa shape index (κ3) is 5.79. The van der Waals surface area contributed by atoms with Crippen molar-refractivity contribution >= 4 is 33.4 Å². The van der Waals surface area contributed by atoms with E-state index in [2.05, 4.69) is 21.2 Å². The van der Waals surface area contributed by atoms with Gasteiger partial charge in [0.25, 0.3) is 0 Å². The highest BCUT2D eigenvalue weighted by Gasteiger charge is 2.14. The van der Waals surface area contributed by atoms with Gasteiger partial charge in [-0.3, -0.25) is 9.59 Å². The molecule has 0 spiro atoms. The van der Waals surface area contributed by atoms with Crippen LogP contribution in [0.2, 0.25) is 0 Å². The smallest absolute Gasteiger partial charge is 0.248 e. The van der Waals surface area contributed by atoms with Crippen molar-refractivity contribution in [1.29, 1.82) is 0 Å². The molecule has 5 nitrogen and oxygen atoms in total. The molecule has 0 heterocycles. The minimum absolute atomic E-state index is 0.0329. The summed E-state index contributed by atoms with van der Waals surface area (Å²) in [6.45, 7) is 0.270. The highest BCUT2D eigenvalue weighted by atomic mass is 79.9. The molecule has 0 unspecified atom stereocenters. The summed E-state index contributed by atoms with van der Waals surface area (Å²) in [6, 6.07) is 16.9. The van der Waals surface area contributed by atoms with Gasteiger partial charge in [-0.25, -0.2) is 0 Å². The second-order valence-corrected chi connectivity index (χ2v) is 6.11. The van der Waals surface area contributed by atoms with Crippen molar-refractivity contribution in [2.45, 2.75) is 6.61 Å². The zero-order valence-electron chi connectivity index (χ0n) is 13.4. The van der Waals surface area contributed by atoms with E-state index in [1.807, 2.05) is 48.5 Å². The number of hydrogen-bond acceptors (Lipinski definition) is 3. The molecular weight excluding hydrogens is 372 g/mol. The van der Waals surface area contributed by atoms with Crippen molar-refractivity contribution in [2.24, 2.45) is 0 Å². The number of amides is 2. The van der Waals surface area contributed by atoms with Gasteiger partial charge in [-0.05, 0) is 33.6 Å². The summed E-state index contributed by atoms with van der Waals surface area (Å²) in [5.74, 6) is -0.506. The summed E-state index contributed by atoms with van der Waals surface area (Å²) in [5.41, 5.74) is 1.67. The van der Waals surface area contributed by atoms with Gasteiger partial charge in [-0.15, -0.1) is 0 Å². The molecule has 0 fully saturated rings. The number of nitrogens with zero attached hydrogens (tertiary/aromatic N) is 1. The van der Waals surface area contributed by atoms with Crippen molar-refractivity contribution < 1.29 is 14.3 Å². The second kappa shape index (κ2) is 9.20. The van der Waals surface area contributed by atoms with Crippen LogP contribution in [-0.2, 0) is 20.9 Å². The number of nitrogens with one attached hydrogen (secondary N) is 1. The maximum Gasteiger partial charge on any atom is 0.248 e. The Kier molecular flexibility index (Phi) is 6.96. The summed E-state index contributed by atoms with van der Waals surface area (Å²) < 4.78 is 6.18. The average Bonchev–Trinajstić information content (AvgIpc) is 2.57. The molecule has 2 aromatic rings. The fourth-order valence-electron chi connectivity index (χ4n) is 2.00. The quantitative estimate of drug-likeness (QED) is 0.790. The van der Waals surface area contributed by atoms with E-state index in [0.717, 1.165) is 10.0 Å². The number of rotatable bonds is 7. The molecule has 0 aliphatic heterocycles. The number of carbonyl (C=O) groups is 2. The SMILES string of the molecule is CN(CC(=O)Nc1ccccc1Br)C(=O)COCc1ccccc1. The van der Waals surface area contributed by atoms with E-state index >= 15 is 0 Å². The van der Waals surface area contributed by atoms with Gasteiger partial charge in [0.05, 0.1) is 18.8 Å². The lowest BCUT2D eigenvalue weighted by Crippen LogP contribution is -2.37. The summed E-state index contributed by atoms with van der Waals surface area (Å²) in [7, 11) is 1.58. The molecule has 0 aromatic heterocycles. The number of anilines is 1. The molecule has 0 saturated carbocycles. The molecular formula is C18H19BrN2O3. The first-order valence-corrected chi connectivity index (χ1v) is 8.25. The van der Waals surface area contributed by atoms with E-state index in [9.17, 15) is 9.59 Å². The Hall–Kier alpha value is -2.18. The van der Waals surface area contributed by atoms with Crippen molar-refractivity contribution in [3.8, 4) is 0 Å². The van der Waals surface area contributed by atoms with E-state index in [0.29, 0.717) is 12.3 Å². The summed E-state index contributed by atoms with van der Waals surface area (Å²) >= 11 is 3.36. The molecule has 1 N–H and O–H groups in total. The molecule has 2 amide bonds. The van der Waals surface area contributed by atoms with Crippen LogP contribution < -0.4 is 5.32 Å². The van der Waals surface area contributed by atoms with Crippen molar-refractivity contribution in [3.63, 3.8) is 0 Å². The summed E-state index contributed by atoms with van der Waals surface area (Å²) in [6.07, 6.45) is 0. The van der Waals surface area contributed by atoms with Gasteiger partial charge in [0.15, 0.2) is 0 Å². The summed E-state index contributed by atoms with van der Waals surface area (Å²) in [5, 5.41) is 2.76. The van der Waals surface area contributed by atoms with E-state index in [4.69, 9.17) is 4.74 Å². The molecule has 0 saturated heterocycles. The van der Waals surface area contributed by atoms with Crippen LogP contribution in [-0.4, -0.2) is 36.9 Å². The van der Waals surface area contributed by atoms with Crippen molar-refractivity contribution in [1.82, 2.24) is 4.90 Å². The Labute approximate surface area is 149 Å². The zero-order valence-corrected chi connectivity index (χ0v) is 15.0. The predicted octanol–water partition coefficient (Wildman–Crippen LogP) is 3.06. The molecule has 0 bridgehead atoms. The van der Waals surface area contributed by atoms with Gasteiger partial charge in [0, 0.05) is 11.5 Å². The highest BCUT2D eigenvalue weighted by Crippen LogP contribution is 2.20. The van der Waals surface area contributed by atoms with Crippen LogP contribution in [0.25, 0.3) is 0 Å². The van der Waals surface area contributed by atoms with Crippen molar-refractivity contribution in [2.75, 3.05) is 25.5 Å². The third-order valence-corrected chi connectivity index (χ3v) is 3.98. The monoisotopic (exact) mass is 390 g/mol. The first-order chi connectivity index (χ1) is 11.6. The summed E-state index contributed by atoms with van der Waals surface area (Å²) in [4.78, 5) is 25.4. The van der Waals surface area contributed by atoms with E-state index < -0.39 is 0 Å². The maximum absolute atomic E-state index is 12.0. The van der Waals surface area contributed by atoms with Crippen LogP contribution in [0.15, 0.2) is 59.1 Å². The highest BCUT2D eigenvalue weighted by molar-refractivity contribution is 9.10. The lowest BCUT2D eigenvalue weighted by atomic mass is 10.2. The van der Waals surface area contributed by atoms with Gasteiger partial charge in [-0.2, -0.15) is 0 Å². The Morgan fingerprint density at radius 2 is 1.75 bits per heavy atom. The number of benzene rings is 2. The Balaban J connectivity index is 1.74. The topological polar surface area (TPSA) is 58.6 Å². The fraction of sp³-hybridized carbons (Fsp3) is 0.222. The van der Waals surface area contributed by atoms with E-state index in [1.54, 1.807) is 13.1 Å². The van der Waals surface area contributed by atoms with Crippen LogP contribution >= 0.6 is 15.9 Å². The first kappa shape index (κ1) is 18.2. The number of para-hydroxylation sites is 1. The molecule has 0 atom stereocenters. The van der Waals surface area contributed by atoms with Crippen LogP contribution in [0.1, 0.15) is 5.56 Å². The van der Waals surface area contributed by atoms with E-state index in [-0.39, 0.29) is 25.0 Å². The molecule has 0 radical (unpaired) electrons. The third-order valence-electron chi connectivity index (χ3n) is 3.29. The Morgan fingerprint density at radius 3 is 2.46 bits per heavy atom. The van der Waals surface area contributed by atoms with Gasteiger partial charge >= 0.3 is 0 Å².